The average molecular weight is 396 g/mol. The Kier molecular flexibility index (Phi) is 5.84. The molecule has 2 aliphatic rings. The topological polar surface area (TPSA) is 85.9 Å². The molecule has 2 amide bonds. The van der Waals surface area contributed by atoms with Gasteiger partial charge in [-0.3, -0.25) is 9.59 Å². The monoisotopic (exact) mass is 396 g/mol. The molecule has 7 heteroatoms. The number of carbonyl (C=O) groups is 2. The molecule has 152 valence electrons. The molecule has 4 rings (SSSR count). The van der Waals surface area contributed by atoms with E-state index >= 15 is 0 Å². The van der Waals surface area contributed by atoms with Gasteiger partial charge in [0.2, 0.25) is 12.7 Å². The molecule has 1 heterocycles. The van der Waals surface area contributed by atoms with Crippen molar-refractivity contribution in [3.05, 3.63) is 54.1 Å². The average Bonchev–Trinajstić information content (AvgIpc) is 3.22. The molecule has 0 saturated heterocycles. The fraction of sp³-hybridized carbons (Fsp3) is 0.364. The van der Waals surface area contributed by atoms with E-state index < -0.39 is 0 Å². The minimum absolute atomic E-state index is 0.0264. The standard InChI is InChI=1S/C22H24N2O5/c25-21(13-23-22(26)15-4-2-1-3-5-15)24-16-6-8-17(9-7-16)29-18-10-11-19-20(12-18)28-14-27-19/h1-5,10-12,16-17H,6-9,13-14H2,(H,23,26)(H,24,25). The van der Waals surface area contributed by atoms with Gasteiger partial charge in [0.05, 0.1) is 12.6 Å². The van der Waals surface area contributed by atoms with Gasteiger partial charge in [0.1, 0.15) is 5.75 Å². The molecule has 0 atom stereocenters. The van der Waals surface area contributed by atoms with E-state index in [0.717, 1.165) is 37.2 Å². The highest BCUT2D eigenvalue weighted by Crippen LogP contribution is 2.36. The van der Waals surface area contributed by atoms with E-state index in [1.807, 2.05) is 24.3 Å². The second kappa shape index (κ2) is 8.86. The summed E-state index contributed by atoms with van der Waals surface area (Å²) in [7, 11) is 0. The van der Waals surface area contributed by atoms with Crippen molar-refractivity contribution in [1.82, 2.24) is 10.6 Å². The summed E-state index contributed by atoms with van der Waals surface area (Å²) in [5.41, 5.74) is 0.543. The van der Waals surface area contributed by atoms with Crippen molar-refractivity contribution in [1.29, 1.82) is 0 Å². The van der Waals surface area contributed by atoms with E-state index in [2.05, 4.69) is 10.6 Å². The molecule has 1 fully saturated rings. The number of rotatable bonds is 6. The SMILES string of the molecule is O=C(CNC(=O)c1ccccc1)NC1CCC(Oc2ccc3c(c2)OCO3)CC1. The van der Waals surface area contributed by atoms with Crippen LogP contribution in [0.4, 0.5) is 0 Å². The summed E-state index contributed by atoms with van der Waals surface area (Å²) in [4.78, 5) is 24.1. The molecule has 1 saturated carbocycles. The van der Waals surface area contributed by atoms with Crippen LogP contribution in [0.3, 0.4) is 0 Å². The van der Waals surface area contributed by atoms with Crippen LogP contribution in [-0.4, -0.2) is 37.3 Å². The molecule has 29 heavy (non-hydrogen) atoms. The Morgan fingerprint density at radius 2 is 1.72 bits per heavy atom. The van der Waals surface area contributed by atoms with Gasteiger partial charge in [0, 0.05) is 17.7 Å². The van der Waals surface area contributed by atoms with E-state index in [9.17, 15) is 9.59 Å². The van der Waals surface area contributed by atoms with Crippen molar-refractivity contribution in [2.75, 3.05) is 13.3 Å². The Hall–Kier alpha value is -3.22. The summed E-state index contributed by atoms with van der Waals surface area (Å²) in [6.45, 7) is 0.219. The minimum atomic E-state index is -0.249. The summed E-state index contributed by atoms with van der Waals surface area (Å²) in [5.74, 6) is 1.80. The molecule has 2 N–H and O–H groups in total. The third-order valence-corrected chi connectivity index (χ3v) is 5.13. The molecule has 0 unspecified atom stereocenters. The fourth-order valence-corrected chi connectivity index (χ4v) is 3.60. The van der Waals surface area contributed by atoms with Crippen LogP contribution in [0.5, 0.6) is 17.2 Å². The molecule has 0 aromatic heterocycles. The lowest BCUT2D eigenvalue weighted by molar-refractivity contribution is -0.121. The van der Waals surface area contributed by atoms with Crippen molar-refractivity contribution < 1.29 is 23.8 Å². The molecule has 0 bridgehead atoms. The first-order chi connectivity index (χ1) is 14.2. The van der Waals surface area contributed by atoms with Crippen molar-refractivity contribution >= 4 is 11.8 Å². The van der Waals surface area contributed by atoms with Crippen LogP contribution in [0.25, 0.3) is 0 Å². The van der Waals surface area contributed by atoms with Crippen molar-refractivity contribution in [3.8, 4) is 17.2 Å². The number of benzene rings is 2. The minimum Gasteiger partial charge on any atom is -0.490 e. The summed E-state index contributed by atoms with van der Waals surface area (Å²) < 4.78 is 16.7. The normalized spacial score (nSPS) is 20.0. The zero-order chi connectivity index (χ0) is 20.1. The molecular weight excluding hydrogens is 372 g/mol. The summed E-state index contributed by atoms with van der Waals surface area (Å²) in [6.07, 6.45) is 3.51. The molecule has 0 spiro atoms. The number of hydrogen-bond acceptors (Lipinski definition) is 5. The Labute approximate surface area is 169 Å². The van der Waals surface area contributed by atoms with Gasteiger partial charge in [-0.1, -0.05) is 18.2 Å². The second-order valence-electron chi connectivity index (χ2n) is 7.22. The Morgan fingerprint density at radius 1 is 0.966 bits per heavy atom. The van der Waals surface area contributed by atoms with Crippen LogP contribution in [-0.2, 0) is 4.79 Å². The van der Waals surface area contributed by atoms with Crippen LogP contribution >= 0.6 is 0 Å². The number of hydrogen-bond donors (Lipinski definition) is 2. The number of ether oxygens (including phenoxy) is 3. The van der Waals surface area contributed by atoms with Crippen LogP contribution < -0.4 is 24.8 Å². The van der Waals surface area contributed by atoms with E-state index in [1.54, 1.807) is 24.3 Å². The first-order valence-corrected chi connectivity index (χ1v) is 9.86. The smallest absolute Gasteiger partial charge is 0.251 e. The van der Waals surface area contributed by atoms with Crippen molar-refractivity contribution in [2.24, 2.45) is 0 Å². The molecule has 1 aliphatic heterocycles. The summed E-state index contributed by atoms with van der Waals surface area (Å²) >= 11 is 0. The van der Waals surface area contributed by atoms with Gasteiger partial charge in [-0.05, 0) is 49.9 Å². The largest absolute Gasteiger partial charge is 0.490 e. The zero-order valence-corrected chi connectivity index (χ0v) is 16.1. The lowest BCUT2D eigenvalue weighted by Crippen LogP contribution is -2.44. The first-order valence-electron chi connectivity index (χ1n) is 9.86. The highest BCUT2D eigenvalue weighted by Gasteiger charge is 2.24. The molecular formula is C22H24N2O5. The lowest BCUT2D eigenvalue weighted by Gasteiger charge is -2.29. The maximum Gasteiger partial charge on any atom is 0.251 e. The van der Waals surface area contributed by atoms with Gasteiger partial charge >= 0.3 is 0 Å². The molecule has 0 radical (unpaired) electrons. The molecule has 2 aromatic carbocycles. The van der Waals surface area contributed by atoms with Gasteiger partial charge in [0.15, 0.2) is 11.5 Å². The van der Waals surface area contributed by atoms with Crippen LogP contribution in [0.15, 0.2) is 48.5 Å². The maximum absolute atomic E-state index is 12.1. The van der Waals surface area contributed by atoms with Crippen LogP contribution in [0.2, 0.25) is 0 Å². The van der Waals surface area contributed by atoms with Gasteiger partial charge < -0.3 is 24.8 Å². The maximum atomic E-state index is 12.1. The third-order valence-electron chi connectivity index (χ3n) is 5.13. The molecule has 7 nitrogen and oxygen atoms in total. The van der Waals surface area contributed by atoms with E-state index in [4.69, 9.17) is 14.2 Å². The van der Waals surface area contributed by atoms with Gasteiger partial charge in [-0.2, -0.15) is 0 Å². The predicted octanol–water partition coefficient (Wildman–Crippen LogP) is 2.65. The van der Waals surface area contributed by atoms with Gasteiger partial charge in [-0.25, -0.2) is 0 Å². The van der Waals surface area contributed by atoms with Crippen molar-refractivity contribution in [3.63, 3.8) is 0 Å². The number of carbonyl (C=O) groups excluding carboxylic acids is 2. The quantitative estimate of drug-likeness (QED) is 0.784. The van der Waals surface area contributed by atoms with E-state index in [-0.39, 0.29) is 37.3 Å². The van der Waals surface area contributed by atoms with Crippen LogP contribution in [0.1, 0.15) is 36.0 Å². The van der Waals surface area contributed by atoms with E-state index in [0.29, 0.717) is 11.3 Å². The highest BCUT2D eigenvalue weighted by molar-refractivity contribution is 5.96. The van der Waals surface area contributed by atoms with Gasteiger partial charge in [-0.15, -0.1) is 0 Å². The fourth-order valence-electron chi connectivity index (χ4n) is 3.60. The Morgan fingerprint density at radius 3 is 2.52 bits per heavy atom. The Bertz CT molecular complexity index is 863. The van der Waals surface area contributed by atoms with Crippen molar-refractivity contribution in [2.45, 2.75) is 37.8 Å². The summed E-state index contributed by atoms with van der Waals surface area (Å²) in [6, 6.07) is 14.6. The third kappa shape index (κ3) is 4.99. The predicted molar refractivity (Wildman–Crippen MR) is 106 cm³/mol. The Balaban J connectivity index is 1.18. The highest BCUT2D eigenvalue weighted by atomic mass is 16.7. The molecule has 2 aromatic rings. The number of nitrogens with one attached hydrogen (secondary N) is 2. The number of amides is 2. The summed E-state index contributed by atoms with van der Waals surface area (Å²) in [5, 5.41) is 5.65. The van der Waals surface area contributed by atoms with E-state index in [1.165, 1.54) is 0 Å². The molecule has 1 aliphatic carbocycles. The number of fused-ring (bicyclic) bond motifs is 1. The van der Waals surface area contributed by atoms with Gasteiger partial charge in [0.25, 0.3) is 5.91 Å². The second-order valence-corrected chi connectivity index (χ2v) is 7.22. The zero-order valence-electron chi connectivity index (χ0n) is 16.1. The van der Waals surface area contributed by atoms with Crippen LogP contribution in [0, 0.1) is 0 Å². The first kappa shape index (κ1) is 19.1. The lowest BCUT2D eigenvalue weighted by atomic mass is 9.93.